The van der Waals surface area contributed by atoms with Crippen molar-refractivity contribution in [2.24, 2.45) is 0 Å². The van der Waals surface area contributed by atoms with Gasteiger partial charge < -0.3 is 10.2 Å². The molecule has 1 saturated heterocycles. The number of hydrogen-bond acceptors (Lipinski definition) is 4. The van der Waals surface area contributed by atoms with Gasteiger partial charge >= 0.3 is 0 Å². The predicted octanol–water partition coefficient (Wildman–Crippen LogP) is 5.27. The summed E-state index contributed by atoms with van der Waals surface area (Å²) in [6.07, 6.45) is 3.12. The third-order valence-electron chi connectivity index (χ3n) is 6.69. The molecular formula is C25H31Cl4N3O3S. The molecule has 36 heavy (non-hydrogen) atoms. The van der Waals surface area contributed by atoms with Gasteiger partial charge in [0.25, 0.3) is 0 Å². The van der Waals surface area contributed by atoms with E-state index in [1.54, 1.807) is 24.3 Å². The number of rotatable bonds is 9. The molecule has 3 rings (SSSR count). The van der Waals surface area contributed by atoms with Crippen LogP contribution in [0, 0.1) is 0 Å². The van der Waals surface area contributed by atoms with Gasteiger partial charge in [0.1, 0.15) is 0 Å². The van der Waals surface area contributed by atoms with Crippen molar-refractivity contribution in [2.75, 3.05) is 45.5 Å². The monoisotopic (exact) mass is 593 g/mol. The predicted molar refractivity (Wildman–Crippen MR) is 149 cm³/mol. The van der Waals surface area contributed by atoms with Gasteiger partial charge in [0.05, 0.1) is 31.8 Å². The van der Waals surface area contributed by atoms with E-state index < -0.39 is 15.4 Å². The van der Waals surface area contributed by atoms with Gasteiger partial charge in [0.2, 0.25) is 15.9 Å². The molecule has 1 heterocycles. The van der Waals surface area contributed by atoms with Crippen molar-refractivity contribution in [3.63, 3.8) is 0 Å². The SMILES string of the molecule is CC(CCN1CCCN(S(C)(=O)=O)CC1)(C(=O)NCCc1ccc(Cl)c(Cl)c1)c1ccc(Cl)c(Cl)c1. The van der Waals surface area contributed by atoms with Crippen LogP contribution >= 0.6 is 46.4 Å². The van der Waals surface area contributed by atoms with Gasteiger partial charge in [-0.15, -0.1) is 0 Å². The topological polar surface area (TPSA) is 69.7 Å². The average molecular weight is 595 g/mol. The summed E-state index contributed by atoms with van der Waals surface area (Å²) in [5.74, 6) is -0.117. The van der Waals surface area contributed by atoms with E-state index in [-0.39, 0.29) is 5.91 Å². The normalized spacial score (nSPS) is 17.4. The average Bonchev–Trinajstić information content (AvgIpc) is 3.07. The van der Waals surface area contributed by atoms with Gasteiger partial charge in [-0.05, 0) is 74.7 Å². The Morgan fingerprint density at radius 1 is 0.944 bits per heavy atom. The van der Waals surface area contributed by atoms with Gasteiger partial charge in [-0.3, -0.25) is 4.79 Å². The van der Waals surface area contributed by atoms with Crippen molar-refractivity contribution in [3.8, 4) is 0 Å². The zero-order valence-corrected chi connectivity index (χ0v) is 24.2. The van der Waals surface area contributed by atoms with Crippen LogP contribution in [0.3, 0.4) is 0 Å². The highest BCUT2D eigenvalue weighted by Crippen LogP contribution is 2.33. The molecule has 0 spiro atoms. The maximum absolute atomic E-state index is 13.6. The number of carbonyl (C=O) groups is 1. The Morgan fingerprint density at radius 2 is 1.61 bits per heavy atom. The summed E-state index contributed by atoms with van der Waals surface area (Å²) in [5.41, 5.74) is 0.881. The Balaban J connectivity index is 1.71. The summed E-state index contributed by atoms with van der Waals surface area (Å²) >= 11 is 24.6. The van der Waals surface area contributed by atoms with Crippen molar-refractivity contribution in [3.05, 3.63) is 67.6 Å². The second kappa shape index (κ2) is 12.7. The number of nitrogens with one attached hydrogen (secondary N) is 1. The second-order valence-corrected chi connectivity index (χ2v) is 12.9. The molecule has 1 N–H and O–H groups in total. The molecule has 0 saturated carbocycles. The zero-order chi connectivity index (χ0) is 26.5. The number of sulfonamides is 1. The standard InChI is InChI=1S/C25H31Cl4N3O3S/c1-25(19-5-7-21(27)23(29)17-19,9-13-31-11-3-12-32(15-14-31)36(2,34)35)24(33)30-10-8-18-4-6-20(26)22(28)16-18/h4-7,16-17H,3,8-15H2,1-2H3,(H,30,33). The largest absolute Gasteiger partial charge is 0.355 e. The Bertz CT molecular complexity index is 1200. The smallest absolute Gasteiger partial charge is 0.230 e. The summed E-state index contributed by atoms with van der Waals surface area (Å²) in [5, 5.41) is 4.86. The Morgan fingerprint density at radius 3 is 2.25 bits per heavy atom. The van der Waals surface area contributed by atoms with Crippen molar-refractivity contribution in [2.45, 2.75) is 31.6 Å². The minimum absolute atomic E-state index is 0.117. The van der Waals surface area contributed by atoms with E-state index in [1.807, 2.05) is 19.1 Å². The number of nitrogens with zero attached hydrogens (tertiary/aromatic N) is 2. The van der Waals surface area contributed by atoms with E-state index in [4.69, 9.17) is 46.4 Å². The third-order valence-corrected chi connectivity index (χ3v) is 9.47. The molecule has 1 aliphatic heterocycles. The van der Waals surface area contributed by atoms with E-state index in [2.05, 4.69) is 10.2 Å². The molecule has 11 heteroatoms. The van der Waals surface area contributed by atoms with Gasteiger partial charge in [0.15, 0.2) is 0 Å². The molecular weight excluding hydrogens is 564 g/mol. The van der Waals surface area contributed by atoms with E-state index in [9.17, 15) is 13.2 Å². The minimum Gasteiger partial charge on any atom is -0.355 e. The van der Waals surface area contributed by atoms with Crippen molar-refractivity contribution < 1.29 is 13.2 Å². The lowest BCUT2D eigenvalue weighted by Gasteiger charge is -2.32. The van der Waals surface area contributed by atoms with Crippen LogP contribution in [0.15, 0.2) is 36.4 Å². The molecule has 0 bridgehead atoms. The highest BCUT2D eigenvalue weighted by molar-refractivity contribution is 7.88. The lowest BCUT2D eigenvalue weighted by atomic mass is 9.78. The van der Waals surface area contributed by atoms with Crippen LogP contribution < -0.4 is 5.32 Å². The number of hydrogen-bond donors (Lipinski definition) is 1. The molecule has 198 valence electrons. The second-order valence-electron chi connectivity index (χ2n) is 9.32. The molecule has 0 aliphatic carbocycles. The number of halogens is 4. The first-order valence-electron chi connectivity index (χ1n) is 11.8. The lowest BCUT2D eigenvalue weighted by Crippen LogP contribution is -2.45. The Kier molecular flexibility index (Phi) is 10.4. The molecule has 6 nitrogen and oxygen atoms in total. The summed E-state index contributed by atoms with van der Waals surface area (Å²) in [6, 6.07) is 10.7. The quantitative estimate of drug-likeness (QED) is 0.429. The summed E-state index contributed by atoms with van der Waals surface area (Å²) < 4.78 is 25.4. The lowest BCUT2D eigenvalue weighted by molar-refractivity contribution is -0.126. The van der Waals surface area contributed by atoms with Crippen LogP contribution in [0.25, 0.3) is 0 Å². The molecule has 2 aromatic rings. The van der Waals surface area contributed by atoms with Crippen LogP contribution in [0.5, 0.6) is 0 Å². The van der Waals surface area contributed by atoms with Crippen LogP contribution in [0.1, 0.15) is 30.9 Å². The first-order valence-corrected chi connectivity index (χ1v) is 15.1. The maximum atomic E-state index is 13.6. The fraction of sp³-hybridized carbons (Fsp3) is 0.480. The summed E-state index contributed by atoms with van der Waals surface area (Å²) in [7, 11) is -3.22. The molecule has 0 radical (unpaired) electrons. The number of carbonyl (C=O) groups excluding carboxylic acids is 1. The van der Waals surface area contributed by atoms with Crippen LogP contribution in [-0.2, 0) is 26.7 Å². The third kappa shape index (κ3) is 7.73. The minimum atomic E-state index is -3.22. The summed E-state index contributed by atoms with van der Waals surface area (Å²) in [4.78, 5) is 15.8. The highest BCUT2D eigenvalue weighted by Gasteiger charge is 2.36. The zero-order valence-electron chi connectivity index (χ0n) is 20.4. The first kappa shape index (κ1) is 29.5. The molecule has 2 aromatic carbocycles. The van der Waals surface area contributed by atoms with E-state index >= 15 is 0 Å². The fourth-order valence-electron chi connectivity index (χ4n) is 4.32. The van der Waals surface area contributed by atoms with Crippen LogP contribution in [-0.4, -0.2) is 69.1 Å². The molecule has 1 amide bonds. The van der Waals surface area contributed by atoms with Gasteiger partial charge in [0, 0.05) is 26.2 Å². The van der Waals surface area contributed by atoms with Crippen molar-refractivity contribution in [1.82, 2.24) is 14.5 Å². The van der Waals surface area contributed by atoms with E-state index in [0.29, 0.717) is 65.7 Å². The van der Waals surface area contributed by atoms with Crippen LogP contribution in [0.4, 0.5) is 0 Å². The highest BCUT2D eigenvalue weighted by atomic mass is 35.5. The molecule has 1 aliphatic rings. The number of amides is 1. The van der Waals surface area contributed by atoms with Gasteiger partial charge in [-0.25, -0.2) is 12.7 Å². The first-order chi connectivity index (χ1) is 16.9. The van der Waals surface area contributed by atoms with Crippen molar-refractivity contribution in [1.29, 1.82) is 0 Å². The van der Waals surface area contributed by atoms with Gasteiger partial charge in [-0.1, -0.05) is 58.5 Å². The maximum Gasteiger partial charge on any atom is 0.230 e. The van der Waals surface area contributed by atoms with E-state index in [0.717, 1.165) is 24.1 Å². The van der Waals surface area contributed by atoms with E-state index in [1.165, 1.54) is 10.6 Å². The Hall–Kier alpha value is -1.06. The molecule has 1 unspecified atom stereocenters. The fourth-order valence-corrected chi connectivity index (χ4v) is 5.82. The van der Waals surface area contributed by atoms with Gasteiger partial charge in [-0.2, -0.15) is 0 Å². The summed E-state index contributed by atoms with van der Waals surface area (Å²) in [6.45, 7) is 5.30. The number of benzene rings is 2. The molecule has 0 aromatic heterocycles. The molecule has 1 atom stereocenters. The van der Waals surface area contributed by atoms with Crippen molar-refractivity contribution >= 4 is 62.3 Å². The Labute approximate surface area is 233 Å². The molecule has 1 fully saturated rings. The van der Waals surface area contributed by atoms with Crippen LogP contribution in [0.2, 0.25) is 20.1 Å².